The van der Waals surface area contributed by atoms with Gasteiger partial charge in [-0.2, -0.15) is 0 Å². The molecule has 0 saturated heterocycles. The molecule has 2 N–H and O–H groups in total. The summed E-state index contributed by atoms with van der Waals surface area (Å²) in [6.45, 7) is 6.84. The summed E-state index contributed by atoms with van der Waals surface area (Å²) in [4.78, 5) is 4.78. The molecule has 0 atom stereocenters. The predicted molar refractivity (Wildman–Crippen MR) is 87.8 cm³/mol. The number of hydrogen-bond donors (Lipinski definition) is 1. The number of anilines is 1. The number of fused-ring (bicyclic) bond motifs is 1. The van der Waals surface area contributed by atoms with E-state index in [4.69, 9.17) is 15.2 Å². The molecule has 0 aliphatic heterocycles. The molecule has 0 aliphatic carbocycles. The first-order valence-electron chi connectivity index (χ1n) is 7.77. The number of nitrogens with two attached hydrogens (primary N) is 1. The smallest absolute Gasteiger partial charge is 0.138 e. The van der Waals surface area contributed by atoms with E-state index in [0.29, 0.717) is 0 Å². The maximum atomic E-state index is 6.09. The van der Waals surface area contributed by atoms with E-state index in [1.165, 1.54) is 0 Å². The molecule has 5 heteroatoms. The molecular formula is C17H22N4O. The van der Waals surface area contributed by atoms with Crippen molar-refractivity contribution in [3.63, 3.8) is 0 Å². The molecule has 1 aromatic carbocycles. The summed E-state index contributed by atoms with van der Waals surface area (Å²) in [6.07, 6.45) is 3.21. The van der Waals surface area contributed by atoms with Crippen LogP contribution in [0.15, 0.2) is 22.7 Å². The molecule has 0 radical (unpaired) electrons. The van der Waals surface area contributed by atoms with E-state index < -0.39 is 0 Å². The highest BCUT2D eigenvalue weighted by atomic mass is 16.5. The fraction of sp³-hybridized carbons (Fsp3) is 0.412. The summed E-state index contributed by atoms with van der Waals surface area (Å²) >= 11 is 0. The third-order valence-corrected chi connectivity index (χ3v) is 4.14. The van der Waals surface area contributed by atoms with Crippen molar-refractivity contribution in [2.24, 2.45) is 0 Å². The van der Waals surface area contributed by atoms with Crippen LogP contribution in [0.4, 0.5) is 5.69 Å². The van der Waals surface area contributed by atoms with Crippen LogP contribution in [0.5, 0.6) is 0 Å². The summed E-state index contributed by atoms with van der Waals surface area (Å²) in [5.41, 5.74) is 10.8. The third kappa shape index (κ3) is 2.47. The zero-order chi connectivity index (χ0) is 15.7. The maximum Gasteiger partial charge on any atom is 0.138 e. The SMILES string of the molecule is CCCCc1nc2c(N)cccc2n1Cc1c(C)noc1C. The van der Waals surface area contributed by atoms with Crippen LogP contribution in [0.1, 0.15) is 42.6 Å². The molecule has 0 amide bonds. The van der Waals surface area contributed by atoms with Crippen LogP contribution in [-0.2, 0) is 13.0 Å². The molecule has 116 valence electrons. The summed E-state index contributed by atoms with van der Waals surface area (Å²) in [5, 5.41) is 4.05. The summed E-state index contributed by atoms with van der Waals surface area (Å²) < 4.78 is 7.54. The van der Waals surface area contributed by atoms with Gasteiger partial charge in [-0.25, -0.2) is 4.98 Å². The van der Waals surface area contributed by atoms with E-state index >= 15 is 0 Å². The lowest BCUT2D eigenvalue weighted by molar-refractivity contribution is 0.392. The van der Waals surface area contributed by atoms with E-state index in [0.717, 1.165) is 65.4 Å². The fourth-order valence-corrected chi connectivity index (χ4v) is 2.80. The van der Waals surface area contributed by atoms with Gasteiger partial charge in [0.15, 0.2) is 0 Å². The highest BCUT2D eigenvalue weighted by Gasteiger charge is 2.16. The van der Waals surface area contributed by atoms with Crippen molar-refractivity contribution < 1.29 is 4.52 Å². The minimum Gasteiger partial charge on any atom is -0.397 e. The van der Waals surface area contributed by atoms with Crippen molar-refractivity contribution >= 4 is 16.7 Å². The Morgan fingerprint density at radius 3 is 2.77 bits per heavy atom. The summed E-state index contributed by atoms with van der Waals surface area (Å²) in [5.74, 6) is 1.94. The van der Waals surface area contributed by atoms with Gasteiger partial charge in [0, 0.05) is 12.0 Å². The van der Waals surface area contributed by atoms with Crippen molar-refractivity contribution in [3.05, 3.63) is 41.0 Å². The fourth-order valence-electron chi connectivity index (χ4n) is 2.80. The predicted octanol–water partition coefficient (Wildman–Crippen LogP) is 3.61. The van der Waals surface area contributed by atoms with Crippen LogP contribution in [0.25, 0.3) is 11.0 Å². The van der Waals surface area contributed by atoms with Crippen LogP contribution in [0.2, 0.25) is 0 Å². The molecule has 0 aliphatic rings. The van der Waals surface area contributed by atoms with Gasteiger partial charge in [-0.15, -0.1) is 0 Å². The van der Waals surface area contributed by atoms with E-state index in [9.17, 15) is 0 Å². The molecule has 0 unspecified atom stereocenters. The maximum absolute atomic E-state index is 6.09. The lowest BCUT2D eigenvalue weighted by atomic mass is 10.2. The highest BCUT2D eigenvalue weighted by Crippen LogP contribution is 2.25. The second kappa shape index (κ2) is 5.83. The van der Waals surface area contributed by atoms with Crippen molar-refractivity contribution in [2.75, 3.05) is 5.73 Å². The lowest BCUT2D eigenvalue weighted by Gasteiger charge is -2.09. The molecule has 0 saturated carbocycles. The molecule has 2 heterocycles. The number of imidazole rings is 1. The Balaban J connectivity index is 2.11. The topological polar surface area (TPSA) is 69.9 Å². The monoisotopic (exact) mass is 298 g/mol. The summed E-state index contributed by atoms with van der Waals surface area (Å²) in [6, 6.07) is 5.96. The Bertz CT molecular complexity index is 781. The Kier molecular flexibility index (Phi) is 3.88. The zero-order valence-corrected chi connectivity index (χ0v) is 13.4. The van der Waals surface area contributed by atoms with E-state index in [2.05, 4.69) is 22.7 Å². The second-order valence-corrected chi connectivity index (χ2v) is 5.74. The first-order chi connectivity index (χ1) is 10.6. The average molecular weight is 298 g/mol. The molecule has 5 nitrogen and oxygen atoms in total. The highest BCUT2D eigenvalue weighted by molar-refractivity contribution is 5.87. The molecular weight excluding hydrogens is 276 g/mol. The van der Waals surface area contributed by atoms with Gasteiger partial charge in [0.05, 0.1) is 23.4 Å². The Morgan fingerprint density at radius 2 is 2.09 bits per heavy atom. The molecule has 0 spiro atoms. The quantitative estimate of drug-likeness (QED) is 0.730. The van der Waals surface area contributed by atoms with Gasteiger partial charge in [-0.05, 0) is 32.4 Å². The van der Waals surface area contributed by atoms with Gasteiger partial charge < -0.3 is 14.8 Å². The van der Waals surface area contributed by atoms with Gasteiger partial charge in [0.1, 0.15) is 17.1 Å². The van der Waals surface area contributed by atoms with Gasteiger partial charge in [0.25, 0.3) is 0 Å². The van der Waals surface area contributed by atoms with Crippen molar-refractivity contribution in [2.45, 2.75) is 46.6 Å². The molecule has 22 heavy (non-hydrogen) atoms. The molecule has 0 fully saturated rings. The van der Waals surface area contributed by atoms with E-state index in [1.54, 1.807) is 0 Å². The average Bonchev–Trinajstić information content (AvgIpc) is 3.01. The Hall–Kier alpha value is -2.30. The van der Waals surface area contributed by atoms with Crippen LogP contribution < -0.4 is 5.73 Å². The van der Waals surface area contributed by atoms with Crippen molar-refractivity contribution in [1.29, 1.82) is 0 Å². The number of nitrogen functional groups attached to an aromatic ring is 1. The van der Waals surface area contributed by atoms with Crippen LogP contribution >= 0.6 is 0 Å². The number of para-hydroxylation sites is 1. The molecule has 0 bridgehead atoms. The van der Waals surface area contributed by atoms with Gasteiger partial charge >= 0.3 is 0 Å². The van der Waals surface area contributed by atoms with E-state index in [-0.39, 0.29) is 0 Å². The third-order valence-electron chi connectivity index (χ3n) is 4.14. The van der Waals surface area contributed by atoms with Crippen LogP contribution in [0.3, 0.4) is 0 Å². The lowest BCUT2D eigenvalue weighted by Crippen LogP contribution is -2.06. The van der Waals surface area contributed by atoms with Gasteiger partial charge in [0.2, 0.25) is 0 Å². The number of unbranched alkanes of at least 4 members (excludes halogenated alkanes) is 1. The first-order valence-corrected chi connectivity index (χ1v) is 7.77. The largest absolute Gasteiger partial charge is 0.397 e. The minimum absolute atomic E-state index is 0.722. The number of benzene rings is 1. The standard InChI is InChI=1S/C17H22N4O/c1-4-5-9-16-19-17-14(18)7-6-8-15(17)21(16)10-13-11(2)20-22-12(13)3/h6-8H,4-5,9-10,18H2,1-3H3. The minimum atomic E-state index is 0.722. The number of nitrogens with zero attached hydrogens (tertiary/aromatic N) is 3. The number of hydrogen-bond acceptors (Lipinski definition) is 4. The number of aryl methyl sites for hydroxylation is 3. The van der Waals surface area contributed by atoms with Crippen molar-refractivity contribution in [1.82, 2.24) is 14.7 Å². The molecule has 2 aromatic heterocycles. The second-order valence-electron chi connectivity index (χ2n) is 5.74. The Labute approximate surface area is 130 Å². The molecule has 3 aromatic rings. The summed E-state index contributed by atoms with van der Waals surface area (Å²) in [7, 11) is 0. The van der Waals surface area contributed by atoms with Gasteiger partial charge in [-0.3, -0.25) is 0 Å². The van der Waals surface area contributed by atoms with Crippen LogP contribution in [-0.4, -0.2) is 14.7 Å². The number of aromatic nitrogens is 3. The zero-order valence-electron chi connectivity index (χ0n) is 13.4. The van der Waals surface area contributed by atoms with Crippen molar-refractivity contribution in [3.8, 4) is 0 Å². The van der Waals surface area contributed by atoms with Crippen LogP contribution in [0, 0.1) is 13.8 Å². The van der Waals surface area contributed by atoms with Gasteiger partial charge in [-0.1, -0.05) is 24.6 Å². The van der Waals surface area contributed by atoms with E-state index in [1.807, 2.05) is 26.0 Å². The number of rotatable bonds is 5. The first kappa shape index (κ1) is 14.6. The molecule has 3 rings (SSSR count). The Morgan fingerprint density at radius 1 is 1.27 bits per heavy atom. The normalized spacial score (nSPS) is 11.4.